The van der Waals surface area contributed by atoms with E-state index in [1.165, 1.54) is 4.31 Å². The Labute approximate surface area is 79.8 Å². The number of nitrogens with zero attached hydrogens (tertiary/aromatic N) is 1. The van der Waals surface area contributed by atoms with E-state index in [-0.39, 0.29) is 12.5 Å². The Kier molecular flexibility index (Phi) is 3.22. The predicted molar refractivity (Wildman–Crippen MR) is 49.9 cm³/mol. The first-order valence-corrected chi connectivity index (χ1v) is 5.22. The zero-order valence-electron chi connectivity index (χ0n) is 7.74. The zero-order chi connectivity index (χ0) is 10.0. The third-order valence-electron chi connectivity index (χ3n) is 2.06. The normalized spacial score (nSPS) is 23.2. The van der Waals surface area contributed by atoms with E-state index in [0.29, 0.717) is 23.4 Å². The molecule has 0 aromatic rings. The molecule has 0 bridgehead atoms. The number of aliphatic hydroxyl groups excluding tert-OH is 1. The minimum Gasteiger partial charge on any atom is -0.396 e. The third kappa shape index (κ3) is 1.81. The topological polar surface area (TPSA) is 57.6 Å². The molecule has 1 unspecified atom stereocenters. The Morgan fingerprint density at radius 1 is 1.46 bits per heavy atom. The van der Waals surface area contributed by atoms with E-state index >= 15 is 0 Å². The van der Waals surface area contributed by atoms with Crippen LogP contribution in [0.1, 0.15) is 20.3 Å². The molecule has 1 aliphatic rings. The minimum absolute atomic E-state index is 0.0130. The van der Waals surface area contributed by atoms with Gasteiger partial charge in [0.2, 0.25) is 0 Å². The maximum atomic E-state index is 11.5. The molecule has 4 nitrogen and oxygen atoms in total. The van der Waals surface area contributed by atoms with Gasteiger partial charge < -0.3 is 5.11 Å². The van der Waals surface area contributed by atoms with Crippen molar-refractivity contribution in [3.05, 3.63) is 10.5 Å². The molecule has 74 valence electrons. The largest absolute Gasteiger partial charge is 0.396 e. The van der Waals surface area contributed by atoms with Crippen LogP contribution < -0.4 is 0 Å². The van der Waals surface area contributed by atoms with Crippen molar-refractivity contribution in [1.82, 2.24) is 4.31 Å². The monoisotopic (exact) mass is 203 g/mol. The fourth-order valence-electron chi connectivity index (χ4n) is 1.11. The van der Waals surface area contributed by atoms with Crippen molar-refractivity contribution in [2.45, 2.75) is 20.3 Å². The molecule has 0 saturated carbocycles. The van der Waals surface area contributed by atoms with Crippen molar-refractivity contribution in [3.63, 3.8) is 0 Å². The number of hydrogen-bond donors (Lipinski definition) is 1. The lowest BCUT2D eigenvalue weighted by Crippen LogP contribution is -2.29. The number of aliphatic hydroxyl groups is 1. The Balaban J connectivity index is 2.73. The molecule has 1 rings (SSSR count). The first kappa shape index (κ1) is 10.4. The predicted octanol–water partition coefficient (Wildman–Crippen LogP) is 0.169. The van der Waals surface area contributed by atoms with Crippen molar-refractivity contribution in [2.24, 2.45) is 0 Å². The summed E-state index contributed by atoms with van der Waals surface area (Å²) in [5.74, 6) is -0.177. The molecule has 1 atom stereocenters. The summed E-state index contributed by atoms with van der Waals surface area (Å²) in [6, 6.07) is 0. The van der Waals surface area contributed by atoms with Gasteiger partial charge in [0.1, 0.15) is 0 Å². The summed E-state index contributed by atoms with van der Waals surface area (Å²) in [7, 11) is -1.31. The van der Waals surface area contributed by atoms with Crippen LogP contribution in [-0.4, -0.2) is 32.7 Å². The lowest BCUT2D eigenvalue weighted by atomic mass is 10.2. The molecule has 0 fully saturated rings. The summed E-state index contributed by atoms with van der Waals surface area (Å²) in [6.45, 7) is 3.74. The number of carbonyl (C=O) groups is 1. The molecular formula is C8H13NO3S. The quantitative estimate of drug-likeness (QED) is 0.711. The van der Waals surface area contributed by atoms with Gasteiger partial charge in [0.05, 0.1) is 0 Å². The number of amides is 1. The van der Waals surface area contributed by atoms with Gasteiger partial charge in [0.25, 0.3) is 5.91 Å². The van der Waals surface area contributed by atoms with Crippen molar-refractivity contribution in [2.75, 3.05) is 13.2 Å². The minimum atomic E-state index is -1.31. The Hall–Kier alpha value is -0.680. The van der Waals surface area contributed by atoms with Crippen LogP contribution in [0.15, 0.2) is 10.5 Å². The summed E-state index contributed by atoms with van der Waals surface area (Å²) in [5.41, 5.74) is 0.566. The molecule has 0 aliphatic carbocycles. The highest BCUT2D eigenvalue weighted by molar-refractivity contribution is 7.87. The van der Waals surface area contributed by atoms with Gasteiger partial charge in [-0.15, -0.1) is 0 Å². The van der Waals surface area contributed by atoms with Gasteiger partial charge in [-0.05, 0) is 20.3 Å². The Morgan fingerprint density at radius 3 is 2.46 bits per heavy atom. The van der Waals surface area contributed by atoms with E-state index in [1.807, 2.05) is 0 Å². The Bertz CT molecular complexity index is 261. The average molecular weight is 203 g/mol. The van der Waals surface area contributed by atoms with Crippen LogP contribution in [0.2, 0.25) is 0 Å². The maximum Gasteiger partial charge on any atom is 0.262 e. The molecule has 0 radical (unpaired) electrons. The lowest BCUT2D eigenvalue weighted by Gasteiger charge is -2.13. The van der Waals surface area contributed by atoms with Gasteiger partial charge in [-0.1, -0.05) is 0 Å². The van der Waals surface area contributed by atoms with Crippen LogP contribution in [-0.2, 0) is 15.8 Å². The molecule has 1 amide bonds. The van der Waals surface area contributed by atoms with E-state index in [2.05, 4.69) is 0 Å². The van der Waals surface area contributed by atoms with Crippen LogP contribution in [0.3, 0.4) is 0 Å². The molecule has 0 aromatic heterocycles. The fourth-order valence-corrected chi connectivity index (χ4v) is 2.37. The van der Waals surface area contributed by atoms with Gasteiger partial charge in [-0.25, -0.2) is 4.21 Å². The second-order valence-electron chi connectivity index (χ2n) is 2.91. The van der Waals surface area contributed by atoms with Crippen molar-refractivity contribution in [1.29, 1.82) is 0 Å². The van der Waals surface area contributed by atoms with Gasteiger partial charge in [0, 0.05) is 23.6 Å². The van der Waals surface area contributed by atoms with Gasteiger partial charge in [-0.3, -0.25) is 9.10 Å². The van der Waals surface area contributed by atoms with Crippen molar-refractivity contribution < 1.29 is 14.1 Å². The van der Waals surface area contributed by atoms with Crippen LogP contribution in [0, 0.1) is 0 Å². The summed E-state index contributed by atoms with van der Waals surface area (Å²) in [5, 5.41) is 8.58. The second-order valence-corrected chi connectivity index (χ2v) is 4.47. The zero-order valence-corrected chi connectivity index (χ0v) is 8.56. The van der Waals surface area contributed by atoms with Crippen LogP contribution in [0.25, 0.3) is 0 Å². The molecule has 0 aromatic carbocycles. The van der Waals surface area contributed by atoms with E-state index in [0.717, 1.165) is 0 Å². The first-order chi connectivity index (χ1) is 6.09. The average Bonchev–Trinajstić information content (AvgIpc) is 2.30. The molecule has 1 aliphatic heterocycles. The summed E-state index contributed by atoms with van der Waals surface area (Å²) in [4.78, 5) is 12.1. The van der Waals surface area contributed by atoms with E-state index in [1.54, 1.807) is 13.8 Å². The molecule has 5 heteroatoms. The van der Waals surface area contributed by atoms with Crippen LogP contribution in [0.5, 0.6) is 0 Å². The van der Waals surface area contributed by atoms with Gasteiger partial charge in [0.15, 0.2) is 11.0 Å². The number of carbonyl (C=O) groups excluding carboxylic acids is 1. The van der Waals surface area contributed by atoms with E-state index < -0.39 is 11.0 Å². The van der Waals surface area contributed by atoms with E-state index in [4.69, 9.17) is 5.11 Å². The molecule has 0 saturated heterocycles. The number of allylic oxidation sites excluding steroid dienone is 1. The van der Waals surface area contributed by atoms with Crippen LogP contribution in [0.4, 0.5) is 0 Å². The third-order valence-corrected chi connectivity index (χ3v) is 3.64. The first-order valence-electron chi connectivity index (χ1n) is 4.11. The smallest absolute Gasteiger partial charge is 0.262 e. The molecule has 0 spiro atoms. The lowest BCUT2D eigenvalue weighted by molar-refractivity contribution is -0.122. The van der Waals surface area contributed by atoms with Gasteiger partial charge in [-0.2, -0.15) is 0 Å². The Morgan fingerprint density at radius 2 is 2.08 bits per heavy atom. The van der Waals surface area contributed by atoms with Crippen molar-refractivity contribution >= 4 is 16.9 Å². The molecule has 1 heterocycles. The second kappa shape index (κ2) is 4.02. The highest BCUT2D eigenvalue weighted by Crippen LogP contribution is 2.23. The summed E-state index contributed by atoms with van der Waals surface area (Å²) < 4.78 is 12.8. The highest BCUT2D eigenvalue weighted by atomic mass is 32.2. The summed E-state index contributed by atoms with van der Waals surface area (Å²) in [6.07, 6.45) is 0.470. The molecular weight excluding hydrogens is 190 g/mol. The number of hydrogen-bond acceptors (Lipinski definition) is 3. The SMILES string of the molecule is CC1=C(C)S(=O)N(CCCO)C1=O. The summed E-state index contributed by atoms with van der Waals surface area (Å²) >= 11 is 0. The van der Waals surface area contributed by atoms with Gasteiger partial charge >= 0.3 is 0 Å². The standard InChI is InChI=1S/C8H13NO3S/c1-6-7(2)13(12)9(8(6)11)4-3-5-10/h10H,3-5H2,1-2H3. The van der Waals surface area contributed by atoms with E-state index in [9.17, 15) is 9.00 Å². The molecule has 13 heavy (non-hydrogen) atoms. The van der Waals surface area contributed by atoms with Crippen LogP contribution >= 0.6 is 0 Å². The molecule has 1 N–H and O–H groups in total. The van der Waals surface area contributed by atoms with Crippen molar-refractivity contribution in [3.8, 4) is 0 Å². The highest BCUT2D eigenvalue weighted by Gasteiger charge is 2.31. The maximum absolute atomic E-state index is 11.5. The number of rotatable bonds is 3. The fraction of sp³-hybridized carbons (Fsp3) is 0.625.